The number of anilines is 2. The van der Waals surface area contributed by atoms with Crippen LogP contribution >= 0.6 is 0 Å². The summed E-state index contributed by atoms with van der Waals surface area (Å²) < 4.78 is 1.49. The standard InChI is InChI=1S/C5H9N7/c6-4-3-10-12(5(4)7)2-1-9-11-8/h3H,1-2,6-7H2. The van der Waals surface area contributed by atoms with Gasteiger partial charge in [0.05, 0.1) is 11.9 Å². The number of aromatic nitrogens is 2. The van der Waals surface area contributed by atoms with E-state index in [1.54, 1.807) is 0 Å². The van der Waals surface area contributed by atoms with Crippen molar-refractivity contribution in [3.8, 4) is 0 Å². The molecule has 1 aromatic heterocycles. The number of nitrogens with two attached hydrogens (primary N) is 2. The summed E-state index contributed by atoms with van der Waals surface area (Å²) in [6.45, 7) is 0.773. The Balaban J connectivity index is 2.63. The minimum Gasteiger partial charge on any atom is -0.394 e. The molecule has 1 aromatic rings. The zero-order valence-electron chi connectivity index (χ0n) is 6.38. The van der Waals surface area contributed by atoms with Gasteiger partial charge < -0.3 is 11.5 Å². The predicted molar refractivity (Wildman–Crippen MR) is 45.1 cm³/mol. The summed E-state index contributed by atoms with van der Waals surface area (Å²) in [7, 11) is 0. The molecule has 0 aliphatic heterocycles. The molecule has 0 aromatic carbocycles. The Morgan fingerprint density at radius 2 is 2.42 bits per heavy atom. The highest BCUT2D eigenvalue weighted by atomic mass is 15.3. The van der Waals surface area contributed by atoms with E-state index in [2.05, 4.69) is 15.1 Å². The van der Waals surface area contributed by atoms with Crippen molar-refractivity contribution in [2.45, 2.75) is 6.54 Å². The van der Waals surface area contributed by atoms with Crippen molar-refractivity contribution in [1.82, 2.24) is 9.78 Å². The Hall–Kier alpha value is -1.88. The Kier molecular flexibility index (Phi) is 2.39. The Labute approximate surface area is 68.6 Å². The van der Waals surface area contributed by atoms with Crippen LogP contribution < -0.4 is 11.5 Å². The molecule has 7 nitrogen and oxygen atoms in total. The number of azide groups is 1. The van der Waals surface area contributed by atoms with Crippen LogP contribution in [0.2, 0.25) is 0 Å². The summed E-state index contributed by atoms with van der Waals surface area (Å²) in [6.07, 6.45) is 1.46. The van der Waals surface area contributed by atoms with E-state index in [4.69, 9.17) is 17.0 Å². The molecule has 0 aliphatic rings. The van der Waals surface area contributed by atoms with Crippen molar-refractivity contribution < 1.29 is 0 Å². The van der Waals surface area contributed by atoms with Gasteiger partial charge in [0.25, 0.3) is 0 Å². The van der Waals surface area contributed by atoms with Crippen molar-refractivity contribution in [1.29, 1.82) is 0 Å². The Bertz CT molecular complexity index is 308. The smallest absolute Gasteiger partial charge is 0.145 e. The molecular formula is C5H9N7. The second-order valence-electron chi connectivity index (χ2n) is 2.16. The molecule has 0 amide bonds. The van der Waals surface area contributed by atoms with Crippen LogP contribution in [0.4, 0.5) is 11.5 Å². The summed E-state index contributed by atoms with van der Waals surface area (Å²) in [4.78, 5) is 2.60. The SMILES string of the molecule is [N-]=[N+]=NCCn1ncc(N)c1N. The van der Waals surface area contributed by atoms with E-state index in [-0.39, 0.29) is 0 Å². The van der Waals surface area contributed by atoms with Crippen molar-refractivity contribution >= 4 is 11.5 Å². The minimum absolute atomic E-state index is 0.321. The molecule has 64 valence electrons. The van der Waals surface area contributed by atoms with Gasteiger partial charge in [0, 0.05) is 18.0 Å². The van der Waals surface area contributed by atoms with Gasteiger partial charge in [-0.1, -0.05) is 5.11 Å². The largest absolute Gasteiger partial charge is 0.394 e. The van der Waals surface area contributed by atoms with E-state index >= 15 is 0 Å². The van der Waals surface area contributed by atoms with Crippen molar-refractivity contribution in [2.24, 2.45) is 5.11 Å². The second kappa shape index (κ2) is 3.49. The summed E-state index contributed by atoms with van der Waals surface area (Å²) in [5, 5.41) is 7.21. The lowest BCUT2D eigenvalue weighted by Gasteiger charge is -1.99. The summed E-state index contributed by atoms with van der Waals surface area (Å²) in [5.41, 5.74) is 19.4. The first-order chi connectivity index (χ1) is 5.75. The second-order valence-corrected chi connectivity index (χ2v) is 2.16. The fourth-order valence-corrected chi connectivity index (χ4v) is 0.772. The summed E-state index contributed by atoms with van der Waals surface area (Å²) in [5.74, 6) is 0.406. The predicted octanol–water partition coefficient (Wildman–Crippen LogP) is 0.358. The first kappa shape index (κ1) is 8.22. The maximum atomic E-state index is 7.99. The number of hydrogen-bond donors (Lipinski definition) is 2. The molecule has 0 saturated carbocycles. The van der Waals surface area contributed by atoms with E-state index in [9.17, 15) is 0 Å². The summed E-state index contributed by atoms with van der Waals surface area (Å²) in [6, 6.07) is 0. The topological polar surface area (TPSA) is 119 Å². The molecule has 0 bridgehead atoms. The lowest BCUT2D eigenvalue weighted by atomic mass is 10.5. The third-order valence-electron chi connectivity index (χ3n) is 1.39. The summed E-state index contributed by atoms with van der Waals surface area (Å²) >= 11 is 0. The van der Waals surface area contributed by atoms with Crippen LogP contribution in [0.1, 0.15) is 0 Å². The van der Waals surface area contributed by atoms with Crippen LogP contribution in [0.15, 0.2) is 11.3 Å². The van der Waals surface area contributed by atoms with Crippen molar-refractivity contribution in [2.75, 3.05) is 18.0 Å². The van der Waals surface area contributed by atoms with Gasteiger partial charge in [-0.25, -0.2) is 4.68 Å². The fourth-order valence-electron chi connectivity index (χ4n) is 0.772. The maximum Gasteiger partial charge on any atom is 0.145 e. The molecule has 0 saturated heterocycles. The molecule has 0 fully saturated rings. The fraction of sp³-hybridized carbons (Fsp3) is 0.400. The lowest BCUT2D eigenvalue weighted by Crippen LogP contribution is -2.07. The monoisotopic (exact) mass is 167 g/mol. The molecule has 0 aliphatic carbocycles. The van der Waals surface area contributed by atoms with Gasteiger partial charge in [0.2, 0.25) is 0 Å². The average Bonchev–Trinajstić information content (AvgIpc) is 2.36. The molecule has 1 rings (SSSR count). The molecular weight excluding hydrogens is 158 g/mol. The first-order valence-corrected chi connectivity index (χ1v) is 3.33. The van der Waals surface area contributed by atoms with Gasteiger partial charge in [0.15, 0.2) is 0 Å². The third-order valence-corrected chi connectivity index (χ3v) is 1.39. The Morgan fingerprint density at radius 1 is 1.67 bits per heavy atom. The quantitative estimate of drug-likeness (QED) is 0.384. The molecule has 1 heterocycles. The molecule has 7 heteroatoms. The van der Waals surface area contributed by atoms with Crippen LogP contribution in [0.5, 0.6) is 0 Å². The molecule has 0 atom stereocenters. The van der Waals surface area contributed by atoms with Gasteiger partial charge in [0.1, 0.15) is 5.82 Å². The van der Waals surface area contributed by atoms with Crippen molar-refractivity contribution in [3.05, 3.63) is 16.6 Å². The van der Waals surface area contributed by atoms with Crippen LogP contribution in [0, 0.1) is 0 Å². The number of nitrogens with zero attached hydrogens (tertiary/aromatic N) is 5. The highest BCUT2D eigenvalue weighted by Gasteiger charge is 2.01. The zero-order valence-corrected chi connectivity index (χ0v) is 6.38. The van der Waals surface area contributed by atoms with Gasteiger partial charge in [-0.15, -0.1) is 0 Å². The van der Waals surface area contributed by atoms with Crippen LogP contribution in [0.25, 0.3) is 10.4 Å². The van der Waals surface area contributed by atoms with E-state index < -0.39 is 0 Å². The lowest BCUT2D eigenvalue weighted by molar-refractivity contribution is 0.632. The van der Waals surface area contributed by atoms with Gasteiger partial charge >= 0.3 is 0 Å². The van der Waals surface area contributed by atoms with Crippen molar-refractivity contribution in [3.63, 3.8) is 0 Å². The van der Waals surface area contributed by atoms with E-state index in [0.717, 1.165) is 0 Å². The minimum atomic E-state index is 0.321. The molecule has 0 spiro atoms. The zero-order chi connectivity index (χ0) is 8.97. The third kappa shape index (κ3) is 1.58. The molecule has 4 N–H and O–H groups in total. The van der Waals surface area contributed by atoms with Crippen LogP contribution in [-0.4, -0.2) is 16.3 Å². The van der Waals surface area contributed by atoms with Gasteiger partial charge in [-0.05, 0) is 5.53 Å². The Morgan fingerprint density at radius 3 is 2.92 bits per heavy atom. The van der Waals surface area contributed by atoms with Gasteiger partial charge in [-0.3, -0.25) is 0 Å². The number of nitrogen functional groups attached to an aromatic ring is 2. The van der Waals surface area contributed by atoms with E-state index in [1.165, 1.54) is 10.9 Å². The highest BCUT2D eigenvalue weighted by molar-refractivity contribution is 5.56. The number of rotatable bonds is 3. The average molecular weight is 167 g/mol. The number of hydrogen-bond acceptors (Lipinski definition) is 4. The first-order valence-electron chi connectivity index (χ1n) is 3.33. The van der Waals surface area contributed by atoms with Crippen LogP contribution in [-0.2, 0) is 6.54 Å². The normalized spacial score (nSPS) is 9.33. The maximum absolute atomic E-state index is 7.99. The highest BCUT2D eigenvalue weighted by Crippen LogP contribution is 2.11. The molecule has 0 radical (unpaired) electrons. The molecule has 12 heavy (non-hydrogen) atoms. The van der Waals surface area contributed by atoms with Crippen LogP contribution in [0.3, 0.4) is 0 Å². The van der Waals surface area contributed by atoms with Gasteiger partial charge in [-0.2, -0.15) is 5.10 Å². The van der Waals surface area contributed by atoms with E-state index in [1.807, 2.05) is 0 Å². The molecule has 0 unspecified atom stereocenters. The van der Waals surface area contributed by atoms with E-state index in [0.29, 0.717) is 24.6 Å².